The topological polar surface area (TPSA) is 56.3 Å². The number of Topliss-reactive ketones (excluding diaryl/α,β-unsaturated/α-hetero) is 2. The van der Waals surface area contributed by atoms with Crippen LogP contribution in [0.4, 0.5) is 0 Å². The predicted molar refractivity (Wildman–Crippen MR) is 102 cm³/mol. The zero-order valence-corrected chi connectivity index (χ0v) is 15.8. The van der Waals surface area contributed by atoms with Gasteiger partial charge in [-0.15, -0.1) is 0 Å². The number of hydrogen-bond donors (Lipinski definition) is 0. The second-order valence-corrected chi connectivity index (χ2v) is 8.10. The van der Waals surface area contributed by atoms with E-state index in [1.807, 2.05) is 24.3 Å². The van der Waals surface area contributed by atoms with E-state index in [0.717, 1.165) is 41.5 Å². The number of carbonyl (C=O) groups is 2. The first-order valence-electron chi connectivity index (χ1n) is 9.56. The standard InChI is InChI=1S/C22H20ClNO3/c1-2-11-3-4-12(13-5-8-17(23)24-10-13)9-14(11)18-21(25)19-15-6-7-16(27-15)20(19)22(18)26/h3-5,8-10,15-16,18-20H,2,6-7H2,1H3/t15-,16-,18?,19-,20+/m1/s1. The first-order valence-corrected chi connectivity index (χ1v) is 9.94. The molecule has 4 nitrogen and oxygen atoms in total. The first-order chi connectivity index (χ1) is 13.1. The minimum Gasteiger partial charge on any atom is -0.373 e. The Morgan fingerprint density at radius 2 is 1.70 bits per heavy atom. The highest BCUT2D eigenvalue weighted by molar-refractivity contribution is 6.29. The third-order valence-corrected chi connectivity index (χ3v) is 6.62. The molecule has 27 heavy (non-hydrogen) atoms. The van der Waals surface area contributed by atoms with Gasteiger partial charge in [-0.2, -0.15) is 0 Å². The second-order valence-electron chi connectivity index (χ2n) is 7.72. The molecule has 0 radical (unpaired) electrons. The van der Waals surface area contributed by atoms with Gasteiger partial charge in [0.2, 0.25) is 0 Å². The Morgan fingerprint density at radius 3 is 2.30 bits per heavy atom. The van der Waals surface area contributed by atoms with Crippen molar-refractivity contribution < 1.29 is 14.3 Å². The summed E-state index contributed by atoms with van der Waals surface area (Å²) < 4.78 is 5.86. The molecule has 1 unspecified atom stereocenters. The highest BCUT2D eigenvalue weighted by atomic mass is 35.5. The second kappa shape index (κ2) is 6.25. The van der Waals surface area contributed by atoms with Crippen molar-refractivity contribution in [2.75, 3.05) is 0 Å². The van der Waals surface area contributed by atoms with E-state index in [0.29, 0.717) is 5.15 Å². The predicted octanol–water partition coefficient (Wildman–Crippen LogP) is 3.99. The summed E-state index contributed by atoms with van der Waals surface area (Å²) in [5.74, 6) is -1.03. The van der Waals surface area contributed by atoms with Gasteiger partial charge in [-0.25, -0.2) is 4.98 Å². The molecule has 3 fully saturated rings. The molecule has 1 aromatic heterocycles. The van der Waals surface area contributed by atoms with E-state index in [2.05, 4.69) is 11.9 Å². The number of pyridine rings is 1. The number of benzene rings is 1. The molecule has 2 bridgehead atoms. The molecule has 5 rings (SSSR count). The molecule has 2 aromatic rings. The molecule has 2 saturated heterocycles. The fourth-order valence-corrected chi connectivity index (χ4v) is 5.26. The number of fused-ring (bicyclic) bond motifs is 5. The van der Waals surface area contributed by atoms with Gasteiger partial charge in [-0.1, -0.05) is 30.7 Å². The molecule has 0 amide bonds. The van der Waals surface area contributed by atoms with Crippen molar-refractivity contribution in [1.29, 1.82) is 0 Å². The molecule has 2 aliphatic heterocycles. The van der Waals surface area contributed by atoms with Crippen LogP contribution in [-0.4, -0.2) is 28.8 Å². The molecular weight excluding hydrogens is 362 g/mol. The Bertz CT molecular complexity index is 911. The number of ether oxygens (including phenoxy) is 1. The van der Waals surface area contributed by atoms with Crippen molar-refractivity contribution in [2.24, 2.45) is 11.8 Å². The quantitative estimate of drug-likeness (QED) is 0.595. The minimum absolute atomic E-state index is 0.0540. The Kier molecular flexibility index (Phi) is 3.95. The van der Waals surface area contributed by atoms with E-state index >= 15 is 0 Å². The summed E-state index contributed by atoms with van der Waals surface area (Å²) in [7, 11) is 0. The number of rotatable bonds is 3. The third-order valence-electron chi connectivity index (χ3n) is 6.40. The zero-order chi connectivity index (χ0) is 18.7. The molecular formula is C22H20ClNO3. The summed E-state index contributed by atoms with van der Waals surface area (Å²) in [6.07, 6.45) is 4.17. The molecule has 1 aliphatic carbocycles. The van der Waals surface area contributed by atoms with Gasteiger partial charge in [-0.05, 0) is 54.2 Å². The number of halogens is 1. The molecule has 5 atom stereocenters. The van der Waals surface area contributed by atoms with Crippen LogP contribution in [0.15, 0.2) is 36.5 Å². The van der Waals surface area contributed by atoms with Gasteiger partial charge in [-0.3, -0.25) is 9.59 Å². The summed E-state index contributed by atoms with van der Waals surface area (Å²) >= 11 is 5.90. The number of carbonyl (C=O) groups excluding carboxylic acids is 2. The fraction of sp³-hybridized carbons (Fsp3) is 0.409. The number of nitrogens with zero attached hydrogens (tertiary/aromatic N) is 1. The van der Waals surface area contributed by atoms with Crippen LogP contribution in [-0.2, 0) is 20.7 Å². The first kappa shape index (κ1) is 17.1. The van der Waals surface area contributed by atoms with Gasteiger partial charge in [0.15, 0.2) is 11.6 Å². The van der Waals surface area contributed by atoms with E-state index < -0.39 is 5.92 Å². The minimum atomic E-state index is -0.651. The number of hydrogen-bond acceptors (Lipinski definition) is 4. The lowest BCUT2D eigenvalue weighted by atomic mass is 9.81. The van der Waals surface area contributed by atoms with Crippen molar-refractivity contribution in [1.82, 2.24) is 4.98 Å². The van der Waals surface area contributed by atoms with Crippen molar-refractivity contribution in [3.05, 3.63) is 52.8 Å². The SMILES string of the molecule is CCc1ccc(-c2ccc(Cl)nc2)cc1C1C(=O)[C@@H]2[C@H](C1=O)[C@H]1CC[C@H]2O1. The summed E-state index contributed by atoms with van der Waals surface area (Å²) in [5, 5.41) is 0.439. The third kappa shape index (κ3) is 2.50. The molecule has 0 N–H and O–H groups in total. The van der Waals surface area contributed by atoms with Crippen LogP contribution < -0.4 is 0 Å². The molecule has 1 aromatic carbocycles. The largest absolute Gasteiger partial charge is 0.373 e. The smallest absolute Gasteiger partial charge is 0.154 e. The summed E-state index contributed by atoms with van der Waals surface area (Å²) in [6.45, 7) is 2.06. The van der Waals surface area contributed by atoms with Crippen LogP contribution in [0.3, 0.4) is 0 Å². The summed E-state index contributed by atoms with van der Waals surface area (Å²) in [6, 6.07) is 9.69. The molecule has 3 aliphatic rings. The van der Waals surface area contributed by atoms with E-state index in [1.165, 1.54) is 0 Å². The van der Waals surface area contributed by atoms with E-state index in [4.69, 9.17) is 16.3 Å². The average Bonchev–Trinajstić information content (AvgIpc) is 3.36. The van der Waals surface area contributed by atoms with Gasteiger partial charge in [0.25, 0.3) is 0 Å². The zero-order valence-electron chi connectivity index (χ0n) is 15.0. The maximum Gasteiger partial charge on any atom is 0.154 e. The summed E-state index contributed by atoms with van der Waals surface area (Å²) in [5.41, 5.74) is 3.78. The number of aromatic nitrogens is 1. The fourth-order valence-electron chi connectivity index (χ4n) is 5.14. The van der Waals surface area contributed by atoms with Crippen molar-refractivity contribution in [3.63, 3.8) is 0 Å². The van der Waals surface area contributed by atoms with Gasteiger partial charge in [0.1, 0.15) is 11.1 Å². The molecule has 5 heteroatoms. The maximum atomic E-state index is 13.2. The van der Waals surface area contributed by atoms with Gasteiger partial charge in [0.05, 0.1) is 24.0 Å². The van der Waals surface area contributed by atoms with Crippen molar-refractivity contribution in [2.45, 2.75) is 44.3 Å². The van der Waals surface area contributed by atoms with Crippen LogP contribution >= 0.6 is 11.6 Å². The molecule has 3 heterocycles. The molecule has 1 saturated carbocycles. The number of aryl methyl sites for hydroxylation is 1. The van der Waals surface area contributed by atoms with Crippen molar-refractivity contribution in [3.8, 4) is 11.1 Å². The molecule has 138 valence electrons. The monoisotopic (exact) mass is 381 g/mol. The molecule has 0 spiro atoms. The lowest BCUT2D eigenvalue weighted by molar-refractivity contribution is -0.127. The van der Waals surface area contributed by atoms with E-state index in [1.54, 1.807) is 12.3 Å². The van der Waals surface area contributed by atoms with Crippen LogP contribution in [0.1, 0.15) is 36.8 Å². The lowest BCUT2D eigenvalue weighted by Crippen LogP contribution is -2.29. The van der Waals surface area contributed by atoms with E-state index in [9.17, 15) is 9.59 Å². The Morgan fingerprint density at radius 1 is 1.04 bits per heavy atom. The highest BCUT2D eigenvalue weighted by Gasteiger charge is 2.63. The van der Waals surface area contributed by atoms with Crippen LogP contribution in [0.25, 0.3) is 11.1 Å². The van der Waals surface area contributed by atoms with E-state index in [-0.39, 0.29) is 35.6 Å². The Balaban J connectivity index is 1.58. The van der Waals surface area contributed by atoms with Crippen molar-refractivity contribution >= 4 is 23.2 Å². The van der Waals surface area contributed by atoms with Crippen LogP contribution in [0.5, 0.6) is 0 Å². The van der Waals surface area contributed by atoms with Gasteiger partial charge < -0.3 is 4.74 Å². The maximum absolute atomic E-state index is 13.2. The highest BCUT2D eigenvalue weighted by Crippen LogP contribution is 2.52. The number of ketones is 2. The summed E-state index contributed by atoms with van der Waals surface area (Å²) in [4.78, 5) is 30.6. The van der Waals surface area contributed by atoms with Gasteiger partial charge >= 0.3 is 0 Å². The Hall–Kier alpha value is -2.04. The average molecular weight is 382 g/mol. The van der Waals surface area contributed by atoms with Crippen LogP contribution in [0, 0.1) is 11.8 Å². The van der Waals surface area contributed by atoms with Gasteiger partial charge in [0, 0.05) is 11.8 Å². The lowest BCUT2D eigenvalue weighted by Gasteiger charge is -2.17. The normalized spacial score (nSPS) is 31.6. The Labute approximate surface area is 162 Å². The van der Waals surface area contributed by atoms with Crippen LogP contribution in [0.2, 0.25) is 5.15 Å².